The molecular formula is C18H12ClFN4OS. The van der Waals surface area contributed by atoms with Crippen LogP contribution >= 0.6 is 23.4 Å². The van der Waals surface area contributed by atoms with E-state index >= 15 is 0 Å². The van der Waals surface area contributed by atoms with Crippen molar-refractivity contribution in [2.45, 2.75) is 10.9 Å². The Labute approximate surface area is 157 Å². The Bertz CT molecular complexity index is 1050. The van der Waals surface area contributed by atoms with Gasteiger partial charge in [0.1, 0.15) is 18.4 Å². The Balaban J connectivity index is 1.50. The molecule has 0 atom stereocenters. The topological polar surface area (TPSA) is 56.7 Å². The SMILES string of the molecule is Fc1cccc(-c2nc(CSc3nncn3-c3cccc(Cl)c3)co2)c1. The number of aromatic nitrogens is 4. The van der Waals surface area contributed by atoms with Gasteiger partial charge in [-0.3, -0.25) is 4.57 Å². The summed E-state index contributed by atoms with van der Waals surface area (Å²) in [6.45, 7) is 0. The molecule has 2 aromatic carbocycles. The van der Waals surface area contributed by atoms with E-state index in [0.29, 0.717) is 27.4 Å². The van der Waals surface area contributed by atoms with E-state index in [0.717, 1.165) is 11.4 Å². The molecule has 0 aliphatic heterocycles. The zero-order chi connectivity index (χ0) is 17.9. The molecule has 0 spiro atoms. The molecule has 4 rings (SSSR count). The summed E-state index contributed by atoms with van der Waals surface area (Å²) in [6, 6.07) is 13.6. The molecule has 0 unspecified atom stereocenters. The van der Waals surface area contributed by atoms with Gasteiger partial charge in [-0.25, -0.2) is 9.37 Å². The molecule has 0 amide bonds. The van der Waals surface area contributed by atoms with Gasteiger partial charge in [0, 0.05) is 16.3 Å². The van der Waals surface area contributed by atoms with Crippen LogP contribution in [0.25, 0.3) is 17.1 Å². The molecule has 4 aromatic rings. The first-order valence-corrected chi connectivity index (χ1v) is 9.04. The summed E-state index contributed by atoms with van der Waals surface area (Å²) >= 11 is 7.52. The van der Waals surface area contributed by atoms with Crippen LogP contribution in [-0.4, -0.2) is 19.7 Å². The Hall–Kier alpha value is -2.64. The second kappa shape index (κ2) is 7.31. The van der Waals surface area contributed by atoms with E-state index in [4.69, 9.17) is 16.0 Å². The Kier molecular flexibility index (Phi) is 4.73. The minimum absolute atomic E-state index is 0.328. The molecule has 5 nitrogen and oxygen atoms in total. The maximum Gasteiger partial charge on any atom is 0.226 e. The lowest BCUT2D eigenvalue weighted by molar-refractivity contribution is 0.571. The molecule has 2 heterocycles. The molecule has 0 bridgehead atoms. The van der Waals surface area contributed by atoms with Gasteiger partial charge in [-0.05, 0) is 36.4 Å². The highest BCUT2D eigenvalue weighted by Crippen LogP contribution is 2.26. The van der Waals surface area contributed by atoms with E-state index in [9.17, 15) is 4.39 Å². The van der Waals surface area contributed by atoms with Crippen LogP contribution in [0.3, 0.4) is 0 Å². The minimum Gasteiger partial charge on any atom is -0.444 e. The van der Waals surface area contributed by atoms with Gasteiger partial charge in [0.05, 0.1) is 11.4 Å². The van der Waals surface area contributed by atoms with Crippen LogP contribution in [0, 0.1) is 5.82 Å². The predicted molar refractivity (Wildman–Crippen MR) is 97.8 cm³/mol. The summed E-state index contributed by atoms with van der Waals surface area (Å²) in [5.41, 5.74) is 2.21. The van der Waals surface area contributed by atoms with Crippen LogP contribution in [0.4, 0.5) is 4.39 Å². The Morgan fingerprint density at radius 3 is 2.88 bits per heavy atom. The van der Waals surface area contributed by atoms with Crippen molar-refractivity contribution in [3.63, 3.8) is 0 Å². The summed E-state index contributed by atoms with van der Waals surface area (Å²) in [7, 11) is 0. The van der Waals surface area contributed by atoms with Crippen molar-refractivity contribution >= 4 is 23.4 Å². The second-order valence-corrected chi connectivity index (χ2v) is 6.79. The molecule has 2 aromatic heterocycles. The number of rotatable bonds is 5. The number of oxazole rings is 1. The van der Waals surface area contributed by atoms with Gasteiger partial charge in [-0.1, -0.05) is 35.5 Å². The normalized spacial score (nSPS) is 11.0. The molecule has 0 saturated carbocycles. The monoisotopic (exact) mass is 386 g/mol. The predicted octanol–water partition coefficient (Wildman–Crippen LogP) is 5.01. The van der Waals surface area contributed by atoms with E-state index in [2.05, 4.69) is 15.2 Å². The fraction of sp³-hybridized carbons (Fsp3) is 0.0556. The highest BCUT2D eigenvalue weighted by atomic mass is 35.5. The first-order chi connectivity index (χ1) is 12.7. The smallest absolute Gasteiger partial charge is 0.226 e. The van der Waals surface area contributed by atoms with E-state index in [1.807, 2.05) is 28.8 Å². The minimum atomic E-state index is -0.328. The van der Waals surface area contributed by atoms with Gasteiger partial charge in [-0.2, -0.15) is 0 Å². The number of halogens is 2. The average molecular weight is 387 g/mol. The maximum absolute atomic E-state index is 13.3. The highest BCUT2D eigenvalue weighted by molar-refractivity contribution is 7.98. The van der Waals surface area contributed by atoms with Gasteiger partial charge >= 0.3 is 0 Å². The average Bonchev–Trinajstić information content (AvgIpc) is 3.29. The van der Waals surface area contributed by atoms with Crippen LogP contribution in [0.2, 0.25) is 5.02 Å². The van der Waals surface area contributed by atoms with Gasteiger partial charge < -0.3 is 4.42 Å². The van der Waals surface area contributed by atoms with E-state index in [-0.39, 0.29) is 5.82 Å². The van der Waals surface area contributed by atoms with Crippen molar-refractivity contribution in [1.82, 2.24) is 19.7 Å². The summed E-state index contributed by atoms with van der Waals surface area (Å²) < 4.78 is 20.6. The van der Waals surface area contributed by atoms with Crippen LogP contribution in [0.15, 0.2) is 70.7 Å². The van der Waals surface area contributed by atoms with Gasteiger partial charge in [0.25, 0.3) is 0 Å². The van der Waals surface area contributed by atoms with Gasteiger partial charge in [0.2, 0.25) is 5.89 Å². The molecule has 0 radical (unpaired) electrons. The van der Waals surface area contributed by atoms with Crippen LogP contribution < -0.4 is 0 Å². The number of hydrogen-bond acceptors (Lipinski definition) is 5. The van der Waals surface area contributed by atoms with Crippen LogP contribution in [0.5, 0.6) is 0 Å². The Morgan fingerprint density at radius 2 is 2.04 bits per heavy atom. The molecule has 0 N–H and O–H groups in total. The number of thioether (sulfide) groups is 1. The van der Waals surface area contributed by atoms with E-state index in [1.54, 1.807) is 24.7 Å². The fourth-order valence-electron chi connectivity index (χ4n) is 2.39. The number of benzene rings is 2. The van der Waals surface area contributed by atoms with E-state index < -0.39 is 0 Å². The zero-order valence-electron chi connectivity index (χ0n) is 13.3. The standard InChI is InChI=1S/C18H12ClFN4OS/c19-13-4-2-6-16(8-13)24-11-21-23-18(24)26-10-15-9-25-17(22-15)12-3-1-5-14(20)7-12/h1-9,11H,10H2. The zero-order valence-corrected chi connectivity index (χ0v) is 14.9. The molecule has 0 aliphatic rings. The summed E-state index contributed by atoms with van der Waals surface area (Å²) in [5.74, 6) is 0.598. The largest absolute Gasteiger partial charge is 0.444 e. The number of hydrogen-bond donors (Lipinski definition) is 0. The Morgan fingerprint density at radius 1 is 1.15 bits per heavy atom. The molecular weight excluding hydrogens is 375 g/mol. The van der Waals surface area contributed by atoms with Gasteiger partial charge in [0.15, 0.2) is 5.16 Å². The third-order valence-electron chi connectivity index (χ3n) is 3.58. The quantitative estimate of drug-likeness (QED) is 0.451. The lowest BCUT2D eigenvalue weighted by atomic mass is 10.2. The van der Waals surface area contributed by atoms with Crippen LogP contribution in [0.1, 0.15) is 5.69 Å². The first-order valence-electron chi connectivity index (χ1n) is 7.68. The van der Waals surface area contributed by atoms with Crippen molar-refractivity contribution < 1.29 is 8.81 Å². The number of nitrogens with zero attached hydrogens (tertiary/aromatic N) is 4. The van der Waals surface area contributed by atoms with Crippen molar-refractivity contribution in [3.05, 3.63) is 77.7 Å². The molecule has 130 valence electrons. The summed E-state index contributed by atoms with van der Waals surface area (Å²) in [4.78, 5) is 4.40. The molecule has 26 heavy (non-hydrogen) atoms. The first kappa shape index (κ1) is 16.8. The third kappa shape index (κ3) is 3.63. The lowest BCUT2D eigenvalue weighted by Crippen LogP contribution is -1.95. The molecule has 0 saturated heterocycles. The third-order valence-corrected chi connectivity index (χ3v) is 4.79. The molecule has 0 aliphatic carbocycles. The summed E-state index contributed by atoms with van der Waals surface area (Å²) in [6.07, 6.45) is 3.20. The highest BCUT2D eigenvalue weighted by Gasteiger charge is 2.11. The maximum atomic E-state index is 13.3. The van der Waals surface area contributed by atoms with E-state index in [1.165, 1.54) is 23.9 Å². The molecule has 8 heteroatoms. The van der Waals surface area contributed by atoms with Gasteiger partial charge in [-0.15, -0.1) is 10.2 Å². The van der Waals surface area contributed by atoms with Crippen molar-refractivity contribution in [2.24, 2.45) is 0 Å². The fourth-order valence-corrected chi connectivity index (χ4v) is 3.38. The lowest BCUT2D eigenvalue weighted by Gasteiger charge is -2.05. The van der Waals surface area contributed by atoms with Crippen LogP contribution in [-0.2, 0) is 5.75 Å². The summed E-state index contributed by atoms with van der Waals surface area (Å²) in [5, 5.41) is 9.46. The molecule has 0 fully saturated rings. The second-order valence-electron chi connectivity index (χ2n) is 5.41. The van der Waals surface area contributed by atoms with Crippen molar-refractivity contribution in [1.29, 1.82) is 0 Å². The van der Waals surface area contributed by atoms with Crippen molar-refractivity contribution in [2.75, 3.05) is 0 Å². The van der Waals surface area contributed by atoms with Crippen molar-refractivity contribution in [3.8, 4) is 17.1 Å².